The van der Waals surface area contributed by atoms with Gasteiger partial charge in [0.2, 0.25) is 0 Å². The summed E-state index contributed by atoms with van der Waals surface area (Å²) in [4.78, 5) is 8.11. The molecule has 0 aliphatic carbocycles. The van der Waals surface area contributed by atoms with Gasteiger partial charge in [-0.15, -0.1) is 0 Å². The number of nitrogens with one attached hydrogen (secondary N) is 1. The SMILES string of the molecule is Cc1ccc2c(ccc3[nH]c(C(C)C)nc32)c1. The molecule has 3 aromatic rings. The van der Waals surface area contributed by atoms with E-state index in [4.69, 9.17) is 4.98 Å². The fraction of sp³-hybridized carbons (Fsp3) is 0.267. The average molecular weight is 224 g/mol. The van der Waals surface area contributed by atoms with E-state index in [9.17, 15) is 0 Å². The van der Waals surface area contributed by atoms with E-state index < -0.39 is 0 Å². The first-order valence-corrected chi connectivity index (χ1v) is 6.04. The van der Waals surface area contributed by atoms with Crippen LogP contribution in [0.25, 0.3) is 21.8 Å². The summed E-state index contributed by atoms with van der Waals surface area (Å²) in [6, 6.07) is 10.8. The zero-order valence-corrected chi connectivity index (χ0v) is 10.4. The topological polar surface area (TPSA) is 28.7 Å². The maximum Gasteiger partial charge on any atom is 0.109 e. The molecule has 0 unspecified atom stereocenters. The molecule has 0 fully saturated rings. The van der Waals surface area contributed by atoms with Crippen LogP contribution in [0.1, 0.15) is 31.2 Å². The monoisotopic (exact) mass is 224 g/mol. The highest BCUT2D eigenvalue weighted by Crippen LogP contribution is 2.26. The Morgan fingerprint density at radius 2 is 1.94 bits per heavy atom. The lowest BCUT2D eigenvalue weighted by molar-refractivity contribution is 0.799. The Morgan fingerprint density at radius 1 is 1.12 bits per heavy atom. The van der Waals surface area contributed by atoms with E-state index in [1.54, 1.807) is 0 Å². The van der Waals surface area contributed by atoms with Gasteiger partial charge in [-0.1, -0.05) is 43.7 Å². The molecule has 17 heavy (non-hydrogen) atoms. The second kappa shape index (κ2) is 3.59. The number of imidazole rings is 1. The molecule has 0 saturated heterocycles. The average Bonchev–Trinajstić information content (AvgIpc) is 2.72. The third kappa shape index (κ3) is 1.60. The van der Waals surface area contributed by atoms with E-state index >= 15 is 0 Å². The van der Waals surface area contributed by atoms with Crippen molar-refractivity contribution in [1.29, 1.82) is 0 Å². The van der Waals surface area contributed by atoms with Crippen LogP contribution in [-0.2, 0) is 0 Å². The highest BCUT2D eigenvalue weighted by molar-refractivity contribution is 6.04. The molecule has 86 valence electrons. The molecule has 1 heterocycles. The van der Waals surface area contributed by atoms with Crippen LogP contribution in [-0.4, -0.2) is 9.97 Å². The molecule has 0 aliphatic heterocycles. The number of nitrogens with zero attached hydrogens (tertiary/aromatic N) is 1. The highest BCUT2D eigenvalue weighted by Gasteiger charge is 2.08. The summed E-state index contributed by atoms with van der Waals surface area (Å²) >= 11 is 0. The molecule has 0 amide bonds. The second-order valence-corrected chi connectivity index (χ2v) is 4.96. The van der Waals surface area contributed by atoms with Crippen molar-refractivity contribution in [2.45, 2.75) is 26.7 Å². The minimum atomic E-state index is 0.433. The van der Waals surface area contributed by atoms with Gasteiger partial charge in [-0.05, 0) is 18.4 Å². The molecule has 1 N–H and O–H groups in total. The van der Waals surface area contributed by atoms with Gasteiger partial charge in [0.1, 0.15) is 5.82 Å². The Morgan fingerprint density at radius 3 is 2.71 bits per heavy atom. The Labute approximate surface area is 101 Å². The highest BCUT2D eigenvalue weighted by atomic mass is 14.9. The Bertz CT molecular complexity index is 693. The first kappa shape index (κ1) is 10.3. The number of hydrogen-bond acceptors (Lipinski definition) is 1. The Hall–Kier alpha value is -1.83. The van der Waals surface area contributed by atoms with E-state index in [1.165, 1.54) is 16.3 Å². The first-order chi connectivity index (χ1) is 8.15. The van der Waals surface area contributed by atoms with Gasteiger partial charge in [0, 0.05) is 11.3 Å². The van der Waals surface area contributed by atoms with Crippen molar-refractivity contribution in [3.63, 3.8) is 0 Å². The number of benzene rings is 2. The van der Waals surface area contributed by atoms with Crippen molar-refractivity contribution in [2.24, 2.45) is 0 Å². The van der Waals surface area contributed by atoms with Gasteiger partial charge < -0.3 is 4.98 Å². The number of fused-ring (bicyclic) bond motifs is 3. The summed E-state index contributed by atoms with van der Waals surface area (Å²) in [5, 5.41) is 2.50. The van der Waals surface area contributed by atoms with Crippen molar-refractivity contribution in [3.05, 3.63) is 41.7 Å². The molecule has 0 aliphatic rings. The minimum absolute atomic E-state index is 0.433. The van der Waals surface area contributed by atoms with Gasteiger partial charge >= 0.3 is 0 Å². The Kier molecular flexibility index (Phi) is 2.18. The van der Waals surface area contributed by atoms with Gasteiger partial charge in [-0.3, -0.25) is 0 Å². The summed E-state index contributed by atoms with van der Waals surface area (Å²) in [6.45, 7) is 6.43. The fourth-order valence-corrected chi connectivity index (χ4v) is 2.21. The molecule has 0 saturated carbocycles. The predicted molar refractivity (Wildman–Crippen MR) is 72.4 cm³/mol. The number of H-pyrrole nitrogens is 1. The number of aromatic nitrogens is 2. The van der Waals surface area contributed by atoms with Gasteiger partial charge in [-0.25, -0.2) is 4.98 Å². The third-order valence-electron chi connectivity index (χ3n) is 3.19. The van der Waals surface area contributed by atoms with Crippen LogP contribution in [0.15, 0.2) is 30.3 Å². The Balaban J connectivity index is 2.38. The van der Waals surface area contributed by atoms with Crippen molar-refractivity contribution in [2.75, 3.05) is 0 Å². The van der Waals surface area contributed by atoms with Crippen LogP contribution in [0.4, 0.5) is 0 Å². The van der Waals surface area contributed by atoms with Crippen LogP contribution in [0.5, 0.6) is 0 Å². The summed E-state index contributed by atoms with van der Waals surface area (Å²) in [6.07, 6.45) is 0. The van der Waals surface area contributed by atoms with Gasteiger partial charge in [0.15, 0.2) is 0 Å². The number of aryl methyl sites for hydroxylation is 1. The predicted octanol–water partition coefficient (Wildman–Crippen LogP) is 4.15. The summed E-state index contributed by atoms with van der Waals surface area (Å²) < 4.78 is 0. The standard InChI is InChI=1S/C15H16N2/c1-9(2)15-16-13-7-5-11-8-10(3)4-6-12(11)14(13)17-15/h4-9H,1-3H3,(H,16,17). The molecule has 0 radical (unpaired) electrons. The van der Waals surface area contributed by atoms with Crippen LogP contribution < -0.4 is 0 Å². The minimum Gasteiger partial charge on any atom is -0.342 e. The molecule has 0 atom stereocenters. The van der Waals surface area contributed by atoms with E-state index in [-0.39, 0.29) is 0 Å². The second-order valence-electron chi connectivity index (χ2n) is 4.96. The normalized spacial score (nSPS) is 11.8. The van der Waals surface area contributed by atoms with Gasteiger partial charge in [0.05, 0.1) is 11.0 Å². The first-order valence-electron chi connectivity index (χ1n) is 6.04. The van der Waals surface area contributed by atoms with Crippen LogP contribution in [0, 0.1) is 6.92 Å². The summed E-state index contributed by atoms with van der Waals surface area (Å²) in [7, 11) is 0. The zero-order chi connectivity index (χ0) is 12.0. The van der Waals surface area contributed by atoms with Crippen molar-refractivity contribution < 1.29 is 0 Å². The fourth-order valence-electron chi connectivity index (χ4n) is 2.21. The van der Waals surface area contributed by atoms with Gasteiger partial charge in [-0.2, -0.15) is 0 Å². The lowest BCUT2D eigenvalue weighted by atomic mass is 10.1. The van der Waals surface area contributed by atoms with Crippen molar-refractivity contribution in [3.8, 4) is 0 Å². The van der Waals surface area contributed by atoms with Crippen molar-refractivity contribution in [1.82, 2.24) is 9.97 Å². The quantitative estimate of drug-likeness (QED) is 0.661. The lowest BCUT2D eigenvalue weighted by Gasteiger charge is -1.99. The molecule has 2 aromatic carbocycles. The largest absolute Gasteiger partial charge is 0.342 e. The van der Waals surface area contributed by atoms with E-state index in [0.717, 1.165) is 16.9 Å². The number of hydrogen-bond donors (Lipinski definition) is 1. The molecule has 0 bridgehead atoms. The molecule has 0 spiro atoms. The van der Waals surface area contributed by atoms with Gasteiger partial charge in [0.25, 0.3) is 0 Å². The third-order valence-corrected chi connectivity index (χ3v) is 3.19. The molecule has 2 nitrogen and oxygen atoms in total. The number of aromatic amines is 1. The maximum absolute atomic E-state index is 4.71. The summed E-state index contributed by atoms with van der Waals surface area (Å²) in [5.41, 5.74) is 3.51. The zero-order valence-electron chi connectivity index (χ0n) is 10.4. The van der Waals surface area contributed by atoms with Crippen LogP contribution in [0.2, 0.25) is 0 Å². The maximum atomic E-state index is 4.71. The van der Waals surface area contributed by atoms with E-state index in [0.29, 0.717) is 5.92 Å². The van der Waals surface area contributed by atoms with Crippen molar-refractivity contribution >= 4 is 21.8 Å². The molecule has 2 heteroatoms. The van der Waals surface area contributed by atoms with Crippen LogP contribution >= 0.6 is 0 Å². The smallest absolute Gasteiger partial charge is 0.109 e. The molecule has 3 rings (SSSR count). The summed E-state index contributed by atoms with van der Waals surface area (Å²) in [5.74, 6) is 1.50. The molecular weight excluding hydrogens is 208 g/mol. The lowest BCUT2D eigenvalue weighted by Crippen LogP contribution is -1.88. The van der Waals surface area contributed by atoms with Crippen LogP contribution in [0.3, 0.4) is 0 Å². The molecular formula is C15H16N2. The number of rotatable bonds is 1. The molecule has 1 aromatic heterocycles. The van der Waals surface area contributed by atoms with E-state index in [2.05, 4.69) is 56.1 Å². The van der Waals surface area contributed by atoms with E-state index in [1.807, 2.05) is 0 Å².